The van der Waals surface area contributed by atoms with Gasteiger partial charge in [0.25, 0.3) is 0 Å². The van der Waals surface area contributed by atoms with E-state index in [2.05, 4.69) is 20.8 Å². The van der Waals surface area contributed by atoms with Crippen molar-refractivity contribution >= 4 is 11.8 Å². The summed E-state index contributed by atoms with van der Waals surface area (Å²) in [5.41, 5.74) is 1.30. The highest BCUT2D eigenvalue weighted by atomic mass is 16.7. The Hall–Kier alpha value is -1.20. The van der Waals surface area contributed by atoms with Crippen LogP contribution in [-0.4, -0.2) is 37.4 Å². The Bertz CT molecular complexity index is 857. The van der Waals surface area contributed by atoms with Crippen LogP contribution >= 0.6 is 0 Å². The van der Waals surface area contributed by atoms with Gasteiger partial charge >= 0.3 is 5.97 Å². The van der Waals surface area contributed by atoms with E-state index in [0.717, 1.165) is 57.8 Å². The van der Waals surface area contributed by atoms with Crippen molar-refractivity contribution in [2.75, 3.05) is 13.7 Å². The monoisotopic (exact) mass is 472 g/mol. The summed E-state index contributed by atoms with van der Waals surface area (Å²) in [6.07, 6.45) is 12.1. The quantitative estimate of drug-likeness (QED) is 0.371. The molecule has 5 rings (SSSR count). The Morgan fingerprint density at radius 1 is 1.06 bits per heavy atom. The van der Waals surface area contributed by atoms with Gasteiger partial charge in [-0.2, -0.15) is 0 Å². The first kappa shape index (κ1) is 24.5. The van der Waals surface area contributed by atoms with Crippen LogP contribution in [0.25, 0.3) is 0 Å². The van der Waals surface area contributed by atoms with E-state index in [9.17, 15) is 9.59 Å². The van der Waals surface area contributed by atoms with Crippen LogP contribution in [0.4, 0.5) is 0 Å². The van der Waals surface area contributed by atoms with Crippen molar-refractivity contribution in [1.82, 2.24) is 0 Å². The summed E-state index contributed by atoms with van der Waals surface area (Å²) in [6, 6.07) is 0. The zero-order chi connectivity index (χ0) is 24.3. The number of rotatable bonds is 5. The molecular weight excluding hydrogens is 428 g/mol. The molecule has 5 nitrogen and oxygen atoms in total. The number of hydrogen-bond donors (Lipinski definition) is 0. The normalized spacial score (nSPS) is 45.2. The minimum atomic E-state index is -0.462. The molecule has 0 aromatic carbocycles. The summed E-state index contributed by atoms with van der Waals surface area (Å²) < 4.78 is 18.6. The first-order valence-corrected chi connectivity index (χ1v) is 13.8. The molecule has 0 radical (unpaired) electrons. The lowest BCUT2D eigenvalue weighted by molar-refractivity contribution is -0.246. The van der Waals surface area contributed by atoms with Crippen LogP contribution in [0.1, 0.15) is 91.9 Å². The molecule has 0 aromatic heterocycles. The molecule has 0 unspecified atom stereocenters. The summed E-state index contributed by atoms with van der Waals surface area (Å²) in [4.78, 5) is 24.6. The summed E-state index contributed by atoms with van der Waals surface area (Å²) in [7, 11) is 1.79. The van der Waals surface area contributed by atoms with Gasteiger partial charge in [0, 0.05) is 44.1 Å². The van der Waals surface area contributed by atoms with Gasteiger partial charge < -0.3 is 14.2 Å². The molecule has 5 heteroatoms. The summed E-state index contributed by atoms with van der Waals surface area (Å²) in [6.45, 7) is 9.27. The molecule has 5 aliphatic carbocycles. The van der Waals surface area contributed by atoms with Gasteiger partial charge in [-0.1, -0.05) is 26.3 Å². The number of hydrogen-bond acceptors (Lipinski definition) is 5. The minimum absolute atomic E-state index is 0.0351. The average Bonchev–Trinajstić information content (AvgIpc) is 3.38. The predicted octanol–water partition coefficient (Wildman–Crippen LogP) is 5.86. The molecule has 0 aromatic rings. The number of ketones is 1. The molecule has 8 atom stereocenters. The van der Waals surface area contributed by atoms with Crippen LogP contribution in [0, 0.1) is 40.4 Å². The zero-order valence-electron chi connectivity index (χ0n) is 21.9. The first-order valence-electron chi connectivity index (χ1n) is 13.8. The van der Waals surface area contributed by atoms with Gasteiger partial charge in [-0.15, -0.1) is 0 Å². The molecule has 0 heterocycles. The Morgan fingerprint density at radius 3 is 2.47 bits per heavy atom. The van der Waals surface area contributed by atoms with Gasteiger partial charge in [-0.25, -0.2) is 0 Å². The first-order chi connectivity index (χ1) is 16.1. The highest BCUT2D eigenvalue weighted by molar-refractivity contribution is 5.92. The fraction of sp³-hybridized carbons (Fsp3) is 0.862. The highest BCUT2D eigenvalue weighted by Gasteiger charge is 2.64. The smallest absolute Gasteiger partial charge is 0.302 e. The average molecular weight is 473 g/mol. The van der Waals surface area contributed by atoms with E-state index in [0.29, 0.717) is 36.7 Å². The lowest BCUT2D eigenvalue weighted by atomic mass is 9.43. The number of fused-ring (bicyclic) bond motifs is 5. The maximum absolute atomic E-state index is 12.7. The minimum Gasteiger partial charge on any atom is -0.462 e. The second-order valence-corrected chi connectivity index (χ2v) is 12.6. The molecule has 0 saturated heterocycles. The summed E-state index contributed by atoms with van der Waals surface area (Å²) in [5.74, 6) is 2.07. The number of esters is 1. The SMILES string of the molecule is COC1(OC[C@@]23C(=CC(=O)C[C@@H]2C)C[C@@H](C)[C@H]2[C@@H]4CC[C@H](OC(C)=O)[C@@]4(C)CC[C@@H]23)CCCC1. The van der Waals surface area contributed by atoms with E-state index in [1.165, 1.54) is 5.57 Å². The van der Waals surface area contributed by atoms with E-state index in [-0.39, 0.29) is 34.6 Å². The summed E-state index contributed by atoms with van der Waals surface area (Å²) in [5, 5.41) is 0. The standard InChI is InChI=1S/C29H44O5/c1-18-14-21-16-22(31)15-19(2)29(21,17-33-28(32-5)11-6-7-12-28)24-10-13-27(4)23(26(18)24)8-9-25(27)34-20(3)30/h16,18-19,23-26H,6-15,17H2,1-5H3/t18-,19+,23+,24+,25+,26+,27+,29+/m1/s1. The van der Waals surface area contributed by atoms with Gasteiger partial charge in [0.1, 0.15) is 6.10 Å². The highest BCUT2D eigenvalue weighted by Crippen LogP contribution is 2.68. The van der Waals surface area contributed by atoms with Crippen LogP contribution < -0.4 is 0 Å². The molecule has 34 heavy (non-hydrogen) atoms. The van der Waals surface area contributed by atoms with Crippen molar-refractivity contribution in [2.24, 2.45) is 40.4 Å². The maximum atomic E-state index is 12.7. The van der Waals surface area contributed by atoms with Crippen molar-refractivity contribution < 1.29 is 23.8 Å². The third kappa shape index (κ3) is 3.63. The molecule has 190 valence electrons. The number of methoxy groups -OCH3 is 1. The zero-order valence-corrected chi connectivity index (χ0v) is 21.9. The van der Waals surface area contributed by atoms with Gasteiger partial charge in [0.05, 0.1) is 6.61 Å². The van der Waals surface area contributed by atoms with E-state index in [1.807, 2.05) is 6.08 Å². The van der Waals surface area contributed by atoms with Crippen molar-refractivity contribution in [3.63, 3.8) is 0 Å². The molecule has 0 spiro atoms. The van der Waals surface area contributed by atoms with Crippen LogP contribution in [0.2, 0.25) is 0 Å². The summed E-state index contributed by atoms with van der Waals surface area (Å²) >= 11 is 0. The molecule has 4 fully saturated rings. The molecule has 0 N–H and O–H groups in total. The van der Waals surface area contributed by atoms with Gasteiger partial charge in [-0.05, 0) is 80.6 Å². The lowest BCUT2D eigenvalue weighted by Gasteiger charge is -2.62. The van der Waals surface area contributed by atoms with Crippen molar-refractivity contribution in [2.45, 2.75) is 104 Å². The van der Waals surface area contributed by atoms with Gasteiger partial charge in [0.2, 0.25) is 0 Å². The topological polar surface area (TPSA) is 61.8 Å². The molecule has 0 aliphatic heterocycles. The van der Waals surface area contributed by atoms with Gasteiger partial charge in [0.15, 0.2) is 11.6 Å². The van der Waals surface area contributed by atoms with E-state index < -0.39 is 5.79 Å². The molecule has 4 saturated carbocycles. The second kappa shape index (κ2) is 8.73. The lowest BCUT2D eigenvalue weighted by Crippen LogP contribution is -2.59. The van der Waals surface area contributed by atoms with Crippen LogP contribution in [0.15, 0.2) is 11.6 Å². The molecule has 0 bridgehead atoms. The van der Waals surface area contributed by atoms with E-state index in [4.69, 9.17) is 14.2 Å². The second-order valence-electron chi connectivity index (χ2n) is 12.6. The van der Waals surface area contributed by atoms with Crippen LogP contribution in [0.3, 0.4) is 0 Å². The number of carbonyl (C=O) groups is 2. The molecule has 0 amide bonds. The largest absolute Gasteiger partial charge is 0.462 e. The number of ether oxygens (including phenoxy) is 3. The van der Waals surface area contributed by atoms with Crippen LogP contribution in [0.5, 0.6) is 0 Å². The predicted molar refractivity (Wildman–Crippen MR) is 130 cm³/mol. The third-order valence-corrected chi connectivity index (χ3v) is 11.0. The van der Waals surface area contributed by atoms with Crippen molar-refractivity contribution in [1.29, 1.82) is 0 Å². The Morgan fingerprint density at radius 2 is 1.79 bits per heavy atom. The third-order valence-electron chi connectivity index (χ3n) is 11.0. The van der Waals surface area contributed by atoms with Gasteiger partial charge in [-0.3, -0.25) is 9.59 Å². The number of carbonyl (C=O) groups excluding carboxylic acids is 2. The molecule has 5 aliphatic rings. The van der Waals surface area contributed by atoms with E-state index >= 15 is 0 Å². The van der Waals surface area contributed by atoms with Crippen molar-refractivity contribution in [3.8, 4) is 0 Å². The van der Waals surface area contributed by atoms with E-state index in [1.54, 1.807) is 14.0 Å². The fourth-order valence-corrected chi connectivity index (χ4v) is 9.37. The Balaban J connectivity index is 1.51. The fourth-order valence-electron chi connectivity index (χ4n) is 9.37. The van der Waals surface area contributed by atoms with Crippen LogP contribution in [-0.2, 0) is 23.8 Å². The van der Waals surface area contributed by atoms with Crippen molar-refractivity contribution in [3.05, 3.63) is 11.6 Å². The molecular formula is C29H44O5. The Labute approximate surface area is 205 Å². The maximum Gasteiger partial charge on any atom is 0.302 e. The Kier molecular flexibility index (Phi) is 6.29.